The monoisotopic (exact) mass is 541 g/mol. The van der Waals surface area contributed by atoms with Gasteiger partial charge in [-0.3, -0.25) is 14.3 Å². The normalized spacial score (nSPS) is 15.4. The summed E-state index contributed by atoms with van der Waals surface area (Å²) in [5.74, 6) is -1.07. The van der Waals surface area contributed by atoms with Crippen molar-refractivity contribution in [2.24, 2.45) is 0 Å². The molecule has 1 aromatic heterocycles. The van der Waals surface area contributed by atoms with Gasteiger partial charge >= 0.3 is 0 Å². The third kappa shape index (κ3) is 4.93. The van der Waals surface area contributed by atoms with E-state index < -0.39 is 11.6 Å². The SMILES string of the molecule is CC(C)(C)N1CCC(c2cc(-c3ccc(F)cc3F)c3ccc(=O)n(-c4c(Cl)cccc4[ClH+])c3c2)CC1. The molecule has 4 aromatic rings. The Kier molecular flexibility index (Phi) is 6.90. The van der Waals surface area contributed by atoms with E-state index in [-0.39, 0.29) is 22.6 Å². The van der Waals surface area contributed by atoms with Crippen LogP contribution in [0.2, 0.25) is 10.0 Å². The number of aromatic nitrogens is 1. The maximum Gasteiger partial charge on any atom is 0.255 e. The molecule has 3 aromatic carbocycles. The zero-order chi connectivity index (χ0) is 26.5. The molecule has 0 saturated carbocycles. The van der Waals surface area contributed by atoms with Crippen molar-refractivity contribution in [1.29, 1.82) is 0 Å². The van der Waals surface area contributed by atoms with E-state index in [1.807, 2.05) is 12.1 Å². The van der Waals surface area contributed by atoms with Gasteiger partial charge in [0.15, 0.2) is 11.6 Å². The van der Waals surface area contributed by atoms with Crippen LogP contribution in [0.15, 0.2) is 65.5 Å². The predicted molar refractivity (Wildman–Crippen MR) is 144 cm³/mol. The second-order valence-corrected chi connectivity index (χ2v) is 11.5. The van der Waals surface area contributed by atoms with Crippen LogP contribution in [0.1, 0.15) is 45.1 Å². The van der Waals surface area contributed by atoms with Crippen molar-refractivity contribution < 1.29 is 20.4 Å². The molecule has 3 nitrogen and oxygen atoms in total. The molecule has 0 unspecified atom stereocenters. The Labute approximate surface area is 225 Å². The minimum Gasteiger partial charge on any atom is -0.298 e. The number of likely N-dealkylation sites (tertiary alicyclic amines) is 1. The van der Waals surface area contributed by atoms with E-state index in [9.17, 15) is 9.18 Å². The molecule has 0 amide bonds. The van der Waals surface area contributed by atoms with Gasteiger partial charge in [-0.25, -0.2) is 8.78 Å². The number of hydrogen-bond acceptors (Lipinski definition) is 2. The smallest absolute Gasteiger partial charge is 0.255 e. The van der Waals surface area contributed by atoms with Crippen LogP contribution >= 0.6 is 11.6 Å². The number of rotatable bonds is 3. The maximum absolute atomic E-state index is 15.1. The Morgan fingerprint density at radius 3 is 2.32 bits per heavy atom. The lowest BCUT2D eigenvalue weighted by Gasteiger charge is -2.41. The van der Waals surface area contributed by atoms with Crippen molar-refractivity contribution in [2.75, 3.05) is 13.1 Å². The lowest BCUT2D eigenvalue weighted by Crippen LogP contribution is -2.45. The van der Waals surface area contributed by atoms with Crippen molar-refractivity contribution >= 4 is 22.5 Å². The van der Waals surface area contributed by atoms with Gasteiger partial charge in [0, 0.05) is 34.7 Å². The number of hydrogen-bond donors (Lipinski definition) is 0. The molecule has 1 aliphatic rings. The third-order valence-electron chi connectivity index (χ3n) is 7.34. The summed E-state index contributed by atoms with van der Waals surface area (Å²) in [7, 11) is 0. The first-order valence-electron chi connectivity index (χ1n) is 12.4. The quantitative estimate of drug-likeness (QED) is 0.272. The Balaban J connectivity index is 1.77. The molecular formula is C30H29Cl2F2N2O+. The van der Waals surface area contributed by atoms with E-state index in [2.05, 4.69) is 25.7 Å². The van der Waals surface area contributed by atoms with E-state index in [1.165, 1.54) is 22.8 Å². The molecule has 7 heteroatoms. The molecule has 192 valence electrons. The minimum atomic E-state index is -0.652. The van der Waals surface area contributed by atoms with Crippen molar-refractivity contribution in [3.05, 3.63) is 98.3 Å². The zero-order valence-electron chi connectivity index (χ0n) is 21.0. The second-order valence-electron chi connectivity index (χ2n) is 10.7. The number of halogens is 4. The Hall–Kier alpha value is -2.73. The summed E-state index contributed by atoms with van der Waals surface area (Å²) in [4.78, 5) is 15.7. The molecule has 0 atom stereocenters. The molecule has 0 radical (unpaired) electrons. The molecular weight excluding hydrogens is 513 g/mol. The first kappa shape index (κ1) is 25.9. The highest BCUT2D eigenvalue weighted by atomic mass is 35.5. The van der Waals surface area contributed by atoms with Crippen molar-refractivity contribution in [1.82, 2.24) is 9.47 Å². The molecule has 1 fully saturated rings. The summed E-state index contributed by atoms with van der Waals surface area (Å²) in [6, 6.07) is 15.9. The average Bonchev–Trinajstić information content (AvgIpc) is 2.84. The molecule has 1 aliphatic heterocycles. The first-order valence-corrected chi connectivity index (χ1v) is 13.2. The lowest BCUT2D eigenvalue weighted by atomic mass is 9.85. The first-order chi connectivity index (χ1) is 17.5. The highest BCUT2D eigenvalue weighted by Gasteiger charge is 2.29. The molecule has 1 saturated heterocycles. The van der Waals surface area contributed by atoms with Gasteiger partial charge in [0.25, 0.3) is 10.6 Å². The van der Waals surface area contributed by atoms with E-state index in [4.69, 9.17) is 23.2 Å². The number of para-hydroxylation sites is 1. The summed E-state index contributed by atoms with van der Waals surface area (Å²) in [5.41, 5.74) is 2.73. The van der Waals surface area contributed by atoms with Crippen LogP contribution in [0, 0.1) is 23.2 Å². The molecule has 0 bridgehead atoms. The average molecular weight is 542 g/mol. The van der Waals surface area contributed by atoms with E-state index in [0.29, 0.717) is 32.2 Å². The van der Waals surface area contributed by atoms with Gasteiger partial charge in [-0.05, 0) is 94.1 Å². The highest BCUT2D eigenvalue weighted by molar-refractivity contribution is 6.32. The summed E-state index contributed by atoms with van der Waals surface area (Å²) < 4.78 is 30.4. The van der Waals surface area contributed by atoms with E-state index in [0.717, 1.165) is 37.6 Å². The van der Waals surface area contributed by atoms with Crippen LogP contribution in [0.3, 0.4) is 0 Å². The van der Waals surface area contributed by atoms with Crippen LogP contribution in [0.25, 0.3) is 27.7 Å². The molecule has 0 N–H and O–H groups in total. The fourth-order valence-electron chi connectivity index (χ4n) is 5.36. The topological polar surface area (TPSA) is 25.2 Å². The molecule has 2 heterocycles. The van der Waals surface area contributed by atoms with Crippen molar-refractivity contribution in [3.8, 4) is 16.8 Å². The maximum atomic E-state index is 15.1. The summed E-state index contributed by atoms with van der Waals surface area (Å²) in [6.07, 6.45) is 1.87. The minimum absolute atomic E-state index is 0.0845. The number of nitrogens with zero attached hydrogens (tertiary/aromatic N) is 2. The number of piperidine rings is 1. The summed E-state index contributed by atoms with van der Waals surface area (Å²) in [5, 5.41) is 1.47. The lowest BCUT2D eigenvalue weighted by molar-refractivity contribution is -0.288. The number of fused-ring (bicyclic) bond motifs is 1. The van der Waals surface area contributed by atoms with Crippen LogP contribution in [0.5, 0.6) is 0 Å². The van der Waals surface area contributed by atoms with Gasteiger partial charge in [-0.2, -0.15) is 0 Å². The predicted octanol–water partition coefficient (Wildman–Crippen LogP) is 7.26. The Morgan fingerprint density at radius 1 is 0.946 bits per heavy atom. The largest absolute Gasteiger partial charge is 0.298 e. The van der Waals surface area contributed by atoms with Crippen molar-refractivity contribution in [2.45, 2.75) is 45.1 Å². The van der Waals surface area contributed by atoms with Gasteiger partial charge in [0.1, 0.15) is 17.3 Å². The summed E-state index contributed by atoms with van der Waals surface area (Å²) in [6.45, 7) is 8.53. The van der Waals surface area contributed by atoms with Gasteiger partial charge in [0.05, 0.1) is 10.5 Å². The van der Waals surface area contributed by atoms with Crippen LogP contribution in [-0.2, 0) is 0 Å². The Morgan fingerprint density at radius 2 is 1.68 bits per heavy atom. The van der Waals surface area contributed by atoms with Gasteiger partial charge in [0.2, 0.25) is 0 Å². The molecule has 0 aliphatic carbocycles. The van der Waals surface area contributed by atoms with Gasteiger partial charge < -0.3 is 0 Å². The zero-order valence-corrected chi connectivity index (χ0v) is 22.6. The fourth-order valence-corrected chi connectivity index (χ4v) is 5.96. The molecule has 37 heavy (non-hydrogen) atoms. The summed E-state index contributed by atoms with van der Waals surface area (Å²) >= 11 is 12.1. The van der Waals surface area contributed by atoms with Crippen LogP contribution in [-0.4, -0.2) is 28.1 Å². The fraction of sp³-hybridized carbons (Fsp3) is 0.300. The van der Waals surface area contributed by atoms with Crippen LogP contribution < -0.4 is 5.56 Å². The molecule has 0 spiro atoms. The highest BCUT2D eigenvalue weighted by Crippen LogP contribution is 2.39. The molecule has 5 rings (SSSR count). The van der Waals surface area contributed by atoms with E-state index in [1.54, 1.807) is 24.3 Å². The van der Waals surface area contributed by atoms with E-state index >= 15 is 4.39 Å². The standard InChI is InChI=1S/C30H29Cl2F2N2O/c1-30(2,3)35-13-11-18(12-14-35)19-15-23(21-8-7-20(33)17-26(21)34)22-9-10-28(37)36(27(22)16-19)29-24(31)5-4-6-25(29)32/h4-10,15-18,31H,11-14H2,1-3H3/q+1. The second kappa shape index (κ2) is 9.86. The third-order valence-corrected chi connectivity index (χ3v) is 7.98. The van der Waals surface area contributed by atoms with Crippen molar-refractivity contribution in [3.63, 3.8) is 0 Å². The number of pyridine rings is 1. The van der Waals surface area contributed by atoms with Crippen LogP contribution in [0.4, 0.5) is 8.78 Å². The number of benzene rings is 3. The van der Waals surface area contributed by atoms with Gasteiger partial charge in [-0.1, -0.05) is 23.7 Å². The van der Waals surface area contributed by atoms with Gasteiger partial charge in [-0.15, -0.1) is 0 Å². The Bertz CT molecular complexity index is 1530.